The molecule has 2 heterocycles. The Morgan fingerprint density at radius 1 is 1.29 bits per heavy atom. The fraction of sp³-hybridized carbons (Fsp3) is 0.167. The molecule has 0 aromatic carbocycles. The maximum atomic E-state index is 13.8. The van der Waals surface area contributed by atoms with E-state index in [2.05, 4.69) is 9.97 Å². The number of aryl methyl sites for hydroxylation is 1. The molecule has 2 aromatic rings. The Morgan fingerprint density at radius 2 is 2.12 bits per heavy atom. The van der Waals surface area contributed by atoms with Crippen LogP contribution in [0.15, 0.2) is 30.6 Å². The number of aromatic nitrogens is 2. The van der Waals surface area contributed by atoms with Crippen molar-refractivity contribution in [3.8, 4) is 11.6 Å². The fourth-order valence-electron chi connectivity index (χ4n) is 1.37. The number of halogens is 1. The summed E-state index contributed by atoms with van der Waals surface area (Å²) in [6, 6.07) is 4.95. The van der Waals surface area contributed by atoms with E-state index in [-0.39, 0.29) is 12.4 Å². The number of nitrogens with two attached hydrogens (primary N) is 1. The van der Waals surface area contributed by atoms with Gasteiger partial charge in [-0.1, -0.05) is 0 Å². The number of ether oxygens (including phenoxy) is 1. The second kappa shape index (κ2) is 4.88. The lowest BCUT2D eigenvalue weighted by Crippen LogP contribution is -2.03. The maximum absolute atomic E-state index is 13.8. The molecule has 0 amide bonds. The van der Waals surface area contributed by atoms with Crippen LogP contribution in [-0.2, 0) is 6.54 Å². The van der Waals surface area contributed by atoms with Crippen LogP contribution >= 0.6 is 0 Å². The third-order valence-electron chi connectivity index (χ3n) is 2.32. The molecule has 0 radical (unpaired) electrons. The quantitative estimate of drug-likeness (QED) is 0.882. The standard InChI is InChI=1S/C12H12FN3O/c1-8-10(3-2-5-15-8)17-12-11(13)9(7-14)4-6-16-12/h2-6H,7,14H2,1H3. The van der Waals surface area contributed by atoms with Gasteiger partial charge in [-0.25, -0.2) is 9.37 Å². The first kappa shape index (κ1) is 11.5. The van der Waals surface area contributed by atoms with E-state index in [4.69, 9.17) is 10.5 Å². The molecule has 0 aliphatic rings. The summed E-state index contributed by atoms with van der Waals surface area (Å²) in [6.07, 6.45) is 3.11. The lowest BCUT2D eigenvalue weighted by molar-refractivity contribution is 0.415. The molecule has 0 aliphatic heterocycles. The number of rotatable bonds is 3. The van der Waals surface area contributed by atoms with E-state index in [0.717, 1.165) is 0 Å². The van der Waals surface area contributed by atoms with Crippen molar-refractivity contribution in [2.75, 3.05) is 0 Å². The third-order valence-corrected chi connectivity index (χ3v) is 2.32. The van der Waals surface area contributed by atoms with Gasteiger partial charge in [-0.2, -0.15) is 0 Å². The molecule has 2 N–H and O–H groups in total. The number of nitrogens with zero attached hydrogens (tertiary/aromatic N) is 2. The van der Waals surface area contributed by atoms with Crippen LogP contribution in [0.2, 0.25) is 0 Å². The van der Waals surface area contributed by atoms with E-state index < -0.39 is 5.82 Å². The van der Waals surface area contributed by atoms with Gasteiger partial charge in [-0.3, -0.25) is 4.98 Å². The molecule has 0 fully saturated rings. The van der Waals surface area contributed by atoms with Crippen LogP contribution in [-0.4, -0.2) is 9.97 Å². The molecule has 0 unspecified atom stereocenters. The predicted octanol–water partition coefficient (Wildman–Crippen LogP) is 2.18. The summed E-state index contributed by atoms with van der Waals surface area (Å²) >= 11 is 0. The average Bonchev–Trinajstić information content (AvgIpc) is 2.34. The average molecular weight is 233 g/mol. The number of hydrogen-bond donors (Lipinski definition) is 1. The van der Waals surface area contributed by atoms with E-state index in [1.807, 2.05) is 0 Å². The second-order valence-electron chi connectivity index (χ2n) is 3.48. The minimum Gasteiger partial charge on any atom is -0.435 e. The smallest absolute Gasteiger partial charge is 0.256 e. The van der Waals surface area contributed by atoms with Gasteiger partial charge in [0.1, 0.15) is 0 Å². The predicted molar refractivity (Wildman–Crippen MR) is 61.1 cm³/mol. The Morgan fingerprint density at radius 3 is 2.82 bits per heavy atom. The Bertz CT molecular complexity index is 531. The van der Waals surface area contributed by atoms with Crippen molar-refractivity contribution in [3.63, 3.8) is 0 Å². The number of hydrogen-bond acceptors (Lipinski definition) is 4. The van der Waals surface area contributed by atoms with Gasteiger partial charge in [0, 0.05) is 24.5 Å². The molecule has 17 heavy (non-hydrogen) atoms. The van der Waals surface area contributed by atoms with Gasteiger partial charge in [-0.15, -0.1) is 0 Å². The zero-order valence-corrected chi connectivity index (χ0v) is 9.35. The van der Waals surface area contributed by atoms with E-state index in [0.29, 0.717) is 17.0 Å². The molecular formula is C12H12FN3O. The van der Waals surface area contributed by atoms with Crippen LogP contribution in [0.5, 0.6) is 11.6 Å². The molecule has 4 nitrogen and oxygen atoms in total. The van der Waals surface area contributed by atoms with Gasteiger partial charge in [-0.05, 0) is 25.1 Å². The lowest BCUT2D eigenvalue weighted by atomic mass is 10.2. The highest BCUT2D eigenvalue weighted by atomic mass is 19.1. The monoisotopic (exact) mass is 233 g/mol. The first-order chi connectivity index (χ1) is 8.22. The Hall–Kier alpha value is -2.01. The van der Waals surface area contributed by atoms with Crippen molar-refractivity contribution < 1.29 is 9.13 Å². The molecule has 0 saturated carbocycles. The molecule has 0 atom stereocenters. The van der Waals surface area contributed by atoms with Crippen LogP contribution in [0, 0.1) is 12.7 Å². The molecule has 5 heteroatoms. The van der Waals surface area contributed by atoms with Crippen LogP contribution in [0.25, 0.3) is 0 Å². The summed E-state index contributed by atoms with van der Waals surface area (Å²) < 4.78 is 19.2. The highest BCUT2D eigenvalue weighted by Crippen LogP contribution is 2.25. The molecular weight excluding hydrogens is 221 g/mol. The van der Waals surface area contributed by atoms with Gasteiger partial charge in [0.2, 0.25) is 0 Å². The van der Waals surface area contributed by atoms with E-state index >= 15 is 0 Å². The van der Waals surface area contributed by atoms with Crippen LogP contribution < -0.4 is 10.5 Å². The molecule has 0 spiro atoms. The number of pyridine rings is 2. The molecule has 2 rings (SSSR count). The largest absolute Gasteiger partial charge is 0.435 e. The summed E-state index contributed by atoms with van der Waals surface area (Å²) in [5.41, 5.74) is 6.45. The van der Waals surface area contributed by atoms with Crippen molar-refractivity contribution in [1.82, 2.24) is 9.97 Å². The normalized spacial score (nSPS) is 10.3. The molecule has 0 aliphatic carbocycles. The van der Waals surface area contributed by atoms with Gasteiger partial charge in [0.15, 0.2) is 11.6 Å². The van der Waals surface area contributed by atoms with E-state index in [1.165, 1.54) is 12.3 Å². The Kier molecular flexibility index (Phi) is 3.30. The van der Waals surface area contributed by atoms with Crippen molar-refractivity contribution in [3.05, 3.63) is 47.7 Å². The van der Waals surface area contributed by atoms with E-state index in [9.17, 15) is 4.39 Å². The highest BCUT2D eigenvalue weighted by molar-refractivity contribution is 5.32. The highest BCUT2D eigenvalue weighted by Gasteiger charge is 2.11. The molecule has 0 saturated heterocycles. The zero-order valence-electron chi connectivity index (χ0n) is 9.35. The second-order valence-corrected chi connectivity index (χ2v) is 3.48. The Labute approximate surface area is 98.3 Å². The maximum Gasteiger partial charge on any atom is 0.256 e. The SMILES string of the molecule is Cc1ncccc1Oc1nccc(CN)c1F. The summed E-state index contributed by atoms with van der Waals surface area (Å²) in [4.78, 5) is 7.89. The van der Waals surface area contributed by atoms with Crippen LogP contribution in [0.1, 0.15) is 11.3 Å². The molecule has 2 aromatic heterocycles. The molecule has 88 valence electrons. The van der Waals surface area contributed by atoms with Gasteiger partial charge >= 0.3 is 0 Å². The van der Waals surface area contributed by atoms with Gasteiger partial charge in [0.05, 0.1) is 5.69 Å². The first-order valence-corrected chi connectivity index (χ1v) is 5.15. The lowest BCUT2D eigenvalue weighted by Gasteiger charge is -2.08. The first-order valence-electron chi connectivity index (χ1n) is 5.15. The summed E-state index contributed by atoms with van der Waals surface area (Å²) in [7, 11) is 0. The van der Waals surface area contributed by atoms with Crippen molar-refractivity contribution in [2.45, 2.75) is 13.5 Å². The Balaban J connectivity index is 2.34. The molecule has 0 bridgehead atoms. The fourth-order valence-corrected chi connectivity index (χ4v) is 1.37. The topological polar surface area (TPSA) is 61.0 Å². The summed E-state index contributed by atoms with van der Waals surface area (Å²) in [5.74, 6) is -0.129. The van der Waals surface area contributed by atoms with Crippen LogP contribution in [0.4, 0.5) is 4.39 Å². The van der Waals surface area contributed by atoms with Gasteiger partial charge < -0.3 is 10.5 Å². The minimum atomic E-state index is -0.529. The van der Waals surface area contributed by atoms with Crippen molar-refractivity contribution in [2.24, 2.45) is 5.73 Å². The summed E-state index contributed by atoms with van der Waals surface area (Å²) in [5, 5.41) is 0. The van der Waals surface area contributed by atoms with E-state index in [1.54, 1.807) is 25.3 Å². The van der Waals surface area contributed by atoms with Crippen molar-refractivity contribution >= 4 is 0 Å². The van der Waals surface area contributed by atoms with Crippen LogP contribution in [0.3, 0.4) is 0 Å². The minimum absolute atomic E-state index is 0.0796. The van der Waals surface area contributed by atoms with Gasteiger partial charge in [0.25, 0.3) is 5.88 Å². The van der Waals surface area contributed by atoms with Crippen molar-refractivity contribution in [1.29, 1.82) is 0 Å². The third kappa shape index (κ3) is 2.39. The zero-order chi connectivity index (χ0) is 12.3. The summed E-state index contributed by atoms with van der Waals surface area (Å²) in [6.45, 7) is 1.89.